The molecule has 0 unspecified atom stereocenters. The molecule has 0 aromatic heterocycles. The van der Waals surface area contributed by atoms with Gasteiger partial charge in [-0.05, 0) is 41.8 Å². The predicted octanol–water partition coefficient (Wildman–Crippen LogP) is 4.90. The van der Waals surface area contributed by atoms with Crippen LogP contribution >= 0.6 is 11.6 Å². The highest BCUT2D eigenvalue weighted by molar-refractivity contribution is 6.31. The Morgan fingerprint density at radius 1 is 1.03 bits per heavy atom. The summed E-state index contributed by atoms with van der Waals surface area (Å²) in [5.74, 6) is -0.0262. The lowest BCUT2D eigenvalue weighted by molar-refractivity contribution is -0.393. The van der Waals surface area contributed by atoms with Gasteiger partial charge in [-0.2, -0.15) is 5.10 Å². The van der Waals surface area contributed by atoms with Crippen molar-refractivity contribution in [2.24, 2.45) is 5.10 Å². The predicted molar refractivity (Wildman–Crippen MR) is 113 cm³/mol. The smallest absolute Gasteiger partial charge is 0.301 e. The number of hydrogen-bond donors (Lipinski definition) is 2. The van der Waals surface area contributed by atoms with E-state index in [0.717, 1.165) is 23.3 Å². The van der Waals surface area contributed by atoms with Crippen molar-refractivity contribution in [1.29, 1.82) is 0 Å². The standard InChI is InChI=1S/C20H15ClN4O5/c21-17-4-2-1-3-14(17)9-13-5-8-20(26)15(10-13)12-22-23-18-7-6-16(24(27)28)11-19(18)25(29)30/h1-8,10-12,23,26H,9H2/b22-12-. The number of nitro benzene ring substituents is 2. The maximum Gasteiger partial charge on any atom is 0.301 e. The molecule has 3 aromatic rings. The van der Waals surface area contributed by atoms with Gasteiger partial charge in [-0.25, -0.2) is 0 Å². The summed E-state index contributed by atoms with van der Waals surface area (Å²) in [5, 5.41) is 36.6. The molecule has 0 amide bonds. The van der Waals surface area contributed by atoms with E-state index >= 15 is 0 Å². The second-order valence-corrected chi connectivity index (χ2v) is 6.65. The van der Waals surface area contributed by atoms with Crippen molar-refractivity contribution in [2.45, 2.75) is 6.42 Å². The first-order valence-electron chi connectivity index (χ1n) is 8.62. The Balaban J connectivity index is 1.80. The molecule has 0 aliphatic heterocycles. The lowest BCUT2D eigenvalue weighted by Crippen LogP contribution is -1.99. The van der Waals surface area contributed by atoms with Crippen LogP contribution in [-0.4, -0.2) is 21.2 Å². The zero-order chi connectivity index (χ0) is 21.7. The van der Waals surface area contributed by atoms with Gasteiger partial charge in [-0.1, -0.05) is 35.9 Å². The molecule has 2 N–H and O–H groups in total. The largest absolute Gasteiger partial charge is 0.507 e. The zero-order valence-corrected chi connectivity index (χ0v) is 16.1. The van der Waals surface area contributed by atoms with Crippen LogP contribution in [0.5, 0.6) is 5.75 Å². The monoisotopic (exact) mass is 426 g/mol. The number of aromatic hydroxyl groups is 1. The fraction of sp³-hybridized carbons (Fsp3) is 0.0500. The van der Waals surface area contributed by atoms with Crippen LogP contribution in [-0.2, 0) is 6.42 Å². The average Bonchev–Trinajstić information content (AvgIpc) is 2.71. The van der Waals surface area contributed by atoms with Gasteiger partial charge in [-0.15, -0.1) is 0 Å². The first kappa shape index (κ1) is 20.7. The SMILES string of the molecule is O=[N+]([O-])c1ccc(N/N=C\c2cc(Cc3ccccc3Cl)ccc2O)c([N+](=O)[O-])c1. The number of nitro groups is 2. The van der Waals surface area contributed by atoms with Gasteiger partial charge in [0.15, 0.2) is 0 Å². The van der Waals surface area contributed by atoms with Crippen molar-refractivity contribution in [3.8, 4) is 5.75 Å². The van der Waals surface area contributed by atoms with Crippen molar-refractivity contribution in [2.75, 3.05) is 5.43 Å². The van der Waals surface area contributed by atoms with Gasteiger partial charge in [0.25, 0.3) is 5.69 Å². The summed E-state index contributed by atoms with van der Waals surface area (Å²) in [5.41, 5.74) is 3.77. The molecule has 0 radical (unpaired) electrons. The van der Waals surface area contributed by atoms with Crippen molar-refractivity contribution in [3.05, 3.63) is 103 Å². The summed E-state index contributed by atoms with van der Waals surface area (Å²) < 4.78 is 0. The third kappa shape index (κ3) is 4.89. The summed E-state index contributed by atoms with van der Waals surface area (Å²) in [7, 11) is 0. The number of phenolic OH excluding ortho intramolecular Hbond substituents is 1. The second kappa shape index (κ2) is 9.01. The highest BCUT2D eigenvalue weighted by Gasteiger charge is 2.19. The van der Waals surface area contributed by atoms with E-state index in [4.69, 9.17) is 11.6 Å². The first-order chi connectivity index (χ1) is 14.3. The minimum atomic E-state index is -0.744. The molecule has 0 atom stereocenters. The molecule has 30 heavy (non-hydrogen) atoms. The molecule has 0 aliphatic carbocycles. The summed E-state index contributed by atoms with van der Waals surface area (Å²) in [6.07, 6.45) is 1.85. The van der Waals surface area contributed by atoms with Crippen LogP contribution in [0.2, 0.25) is 5.02 Å². The average molecular weight is 427 g/mol. The van der Waals surface area contributed by atoms with Gasteiger partial charge in [0.1, 0.15) is 11.4 Å². The molecular formula is C20H15ClN4O5. The Hall–Kier alpha value is -3.98. The third-order valence-electron chi connectivity index (χ3n) is 4.22. The van der Waals surface area contributed by atoms with Crippen molar-refractivity contribution >= 4 is 34.9 Å². The third-order valence-corrected chi connectivity index (χ3v) is 4.59. The van der Waals surface area contributed by atoms with E-state index in [0.29, 0.717) is 17.0 Å². The molecule has 10 heteroatoms. The normalized spacial score (nSPS) is 10.8. The number of benzene rings is 3. The first-order valence-corrected chi connectivity index (χ1v) is 9.00. The summed E-state index contributed by atoms with van der Waals surface area (Å²) >= 11 is 6.18. The van der Waals surface area contributed by atoms with Crippen LogP contribution in [0.4, 0.5) is 17.1 Å². The second-order valence-electron chi connectivity index (χ2n) is 6.25. The lowest BCUT2D eigenvalue weighted by atomic mass is 10.0. The van der Waals surface area contributed by atoms with Crippen LogP contribution < -0.4 is 5.43 Å². The molecule has 0 bridgehead atoms. The Morgan fingerprint density at radius 3 is 2.50 bits per heavy atom. The molecular weight excluding hydrogens is 412 g/mol. The maximum absolute atomic E-state index is 11.2. The number of anilines is 1. The number of hydrogen-bond acceptors (Lipinski definition) is 7. The fourth-order valence-electron chi connectivity index (χ4n) is 2.73. The van der Waals surface area contributed by atoms with Crippen LogP contribution in [0.15, 0.2) is 65.8 Å². The van der Waals surface area contributed by atoms with Gasteiger partial charge in [0.2, 0.25) is 0 Å². The van der Waals surface area contributed by atoms with Gasteiger partial charge < -0.3 is 5.11 Å². The molecule has 9 nitrogen and oxygen atoms in total. The molecule has 0 aliphatic rings. The van der Waals surface area contributed by atoms with E-state index in [9.17, 15) is 25.3 Å². The number of halogens is 1. The van der Waals surface area contributed by atoms with E-state index in [1.807, 2.05) is 18.2 Å². The molecule has 0 heterocycles. The zero-order valence-electron chi connectivity index (χ0n) is 15.4. The van der Waals surface area contributed by atoms with Gasteiger partial charge in [-0.3, -0.25) is 25.7 Å². The van der Waals surface area contributed by atoms with E-state index in [2.05, 4.69) is 10.5 Å². The molecule has 0 saturated heterocycles. The highest BCUT2D eigenvalue weighted by atomic mass is 35.5. The number of non-ortho nitro benzene ring substituents is 1. The number of phenols is 1. The Morgan fingerprint density at radius 2 is 1.80 bits per heavy atom. The summed E-state index contributed by atoms with van der Waals surface area (Å²) in [4.78, 5) is 20.5. The molecule has 3 aromatic carbocycles. The quantitative estimate of drug-likeness (QED) is 0.314. The van der Waals surface area contributed by atoms with E-state index in [1.165, 1.54) is 18.3 Å². The van der Waals surface area contributed by atoms with E-state index in [-0.39, 0.29) is 11.4 Å². The number of nitrogens with zero attached hydrogens (tertiary/aromatic N) is 3. The van der Waals surface area contributed by atoms with E-state index < -0.39 is 21.2 Å². The highest BCUT2D eigenvalue weighted by Crippen LogP contribution is 2.29. The molecule has 0 fully saturated rings. The van der Waals surface area contributed by atoms with Crippen LogP contribution in [0.25, 0.3) is 0 Å². The van der Waals surface area contributed by atoms with E-state index in [1.54, 1.807) is 18.2 Å². The molecule has 0 spiro atoms. The van der Waals surface area contributed by atoms with Gasteiger partial charge >= 0.3 is 5.69 Å². The Kier molecular flexibility index (Phi) is 6.23. The van der Waals surface area contributed by atoms with Crippen LogP contribution in [0, 0.1) is 20.2 Å². The number of nitrogens with one attached hydrogen (secondary N) is 1. The Bertz CT molecular complexity index is 1150. The summed E-state index contributed by atoms with van der Waals surface area (Å²) in [6, 6.07) is 15.6. The van der Waals surface area contributed by atoms with Crippen molar-refractivity contribution < 1.29 is 15.0 Å². The minimum absolute atomic E-state index is 0.0199. The number of hydrazone groups is 1. The molecule has 152 valence electrons. The topological polar surface area (TPSA) is 131 Å². The molecule has 3 rings (SSSR count). The van der Waals surface area contributed by atoms with Gasteiger partial charge in [0.05, 0.1) is 22.1 Å². The number of rotatable bonds is 7. The van der Waals surface area contributed by atoms with Crippen LogP contribution in [0.1, 0.15) is 16.7 Å². The maximum atomic E-state index is 11.2. The summed E-state index contributed by atoms with van der Waals surface area (Å²) in [6.45, 7) is 0. The fourth-order valence-corrected chi connectivity index (χ4v) is 2.93. The lowest BCUT2D eigenvalue weighted by Gasteiger charge is -2.07. The van der Waals surface area contributed by atoms with Crippen molar-refractivity contribution in [3.63, 3.8) is 0 Å². The van der Waals surface area contributed by atoms with Crippen LogP contribution in [0.3, 0.4) is 0 Å². The van der Waals surface area contributed by atoms with Gasteiger partial charge in [0, 0.05) is 16.7 Å². The molecule has 0 saturated carbocycles. The minimum Gasteiger partial charge on any atom is -0.507 e. The van der Waals surface area contributed by atoms with Crippen molar-refractivity contribution in [1.82, 2.24) is 0 Å². The Labute approximate surface area is 175 Å².